The fraction of sp³-hybridized carbons (Fsp3) is 0.455. The second-order valence-corrected chi connectivity index (χ2v) is 4.44. The van der Waals surface area contributed by atoms with Crippen molar-refractivity contribution in [2.45, 2.75) is 19.8 Å². The molecule has 0 aliphatic heterocycles. The lowest BCUT2D eigenvalue weighted by atomic mass is 10.3. The molecule has 0 saturated carbocycles. The average molecular weight is 196 g/mol. The van der Waals surface area contributed by atoms with Gasteiger partial charge in [-0.05, 0) is 30.0 Å². The molecule has 13 heavy (non-hydrogen) atoms. The fourth-order valence-corrected chi connectivity index (χ4v) is 2.34. The van der Waals surface area contributed by atoms with Gasteiger partial charge in [-0.3, -0.25) is 0 Å². The minimum atomic E-state index is 0.948. The third-order valence-corrected chi connectivity index (χ3v) is 3.29. The zero-order valence-electron chi connectivity index (χ0n) is 8.34. The van der Waals surface area contributed by atoms with Gasteiger partial charge in [-0.2, -0.15) is 0 Å². The van der Waals surface area contributed by atoms with Gasteiger partial charge in [-0.15, -0.1) is 0 Å². The Morgan fingerprint density at radius 2 is 1.92 bits per heavy atom. The summed E-state index contributed by atoms with van der Waals surface area (Å²) in [6, 6.07) is 8.39. The third kappa shape index (κ3) is 3.78. The number of hydrogen-bond donors (Lipinski definition) is 0. The monoisotopic (exact) mass is 196 g/mol. The van der Waals surface area contributed by atoms with Crippen LogP contribution < -0.4 is 10.0 Å². The smallest absolute Gasteiger partial charge is 0.118 e. The summed E-state index contributed by atoms with van der Waals surface area (Å²) in [7, 11) is 2.66. The van der Waals surface area contributed by atoms with Gasteiger partial charge in [0.05, 0.1) is 7.11 Å². The maximum absolute atomic E-state index is 5.10. The third-order valence-electron chi connectivity index (χ3n) is 1.95. The van der Waals surface area contributed by atoms with Crippen LogP contribution in [0.3, 0.4) is 0 Å². The van der Waals surface area contributed by atoms with Gasteiger partial charge in [0.2, 0.25) is 0 Å². The van der Waals surface area contributed by atoms with Crippen LogP contribution in [0.4, 0.5) is 0 Å². The molecule has 0 saturated heterocycles. The molecule has 0 aliphatic rings. The first-order valence-corrected chi connectivity index (χ1v) is 5.95. The minimum Gasteiger partial charge on any atom is -0.497 e. The number of hydrogen-bond acceptors (Lipinski definition) is 1. The Kier molecular flexibility index (Phi) is 4.85. The molecule has 1 atom stereocenters. The molecule has 0 amide bonds. The van der Waals surface area contributed by atoms with Crippen molar-refractivity contribution in [2.24, 2.45) is 0 Å². The summed E-state index contributed by atoms with van der Waals surface area (Å²) in [5.41, 5.74) is 0. The van der Waals surface area contributed by atoms with Crippen molar-refractivity contribution in [1.82, 2.24) is 0 Å². The second kappa shape index (κ2) is 5.99. The van der Waals surface area contributed by atoms with Crippen LogP contribution in [0.1, 0.15) is 19.8 Å². The number of unbranched alkanes of at least 4 members (excludes halogenated alkanes) is 1. The molecule has 0 N–H and O–H groups in total. The molecule has 0 radical (unpaired) electrons. The largest absolute Gasteiger partial charge is 0.497 e. The highest BCUT2D eigenvalue weighted by atomic mass is 31.1. The normalized spacial score (nSPS) is 10.9. The predicted octanol–water partition coefficient (Wildman–Crippen LogP) is 2.80. The van der Waals surface area contributed by atoms with Crippen LogP contribution in [0.5, 0.6) is 5.75 Å². The molecule has 1 nitrogen and oxygen atoms in total. The van der Waals surface area contributed by atoms with Crippen molar-refractivity contribution < 1.29 is 4.74 Å². The topological polar surface area (TPSA) is 9.23 Å². The van der Waals surface area contributed by atoms with Gasteiger partial charge in [-0.1, -0.05) is 34.1 Å². The maximum atomic E-state index is 5.10. The van der Waals surface area contributed by atoms with Crippen molar-refractivity contribution in [1.29, 1.82) is 0 Å². The van der Waals surface area contributed by atoms with E-state index in [1.54, 1.807) is 7.11 Å². The lowest BCUT2D eigenvalue weighted by Crippen LogP contribution is -1.95. The highest BCUT2D eigenvalue weighted by molar-refractivity contribution is 7.47. The summed E-state index contributed by atoms with van der Waals surface area (Å²) in [6.07, 6.45) is 3.95. The van der Waals surface area contributed by atoms with E-state index in [0.29, 0.717) is 0 Å². The van der Waals surface area contributed by atoms with E-state index in [9.17, 15) is 0 Å². The van der Waals surface area contributed by atoms with E-state index in [2.05, 4.69) is 19.1 Å². The van der Waals surface area contributed by atoms with E-state index in [-0.39, 0.29) is 0 Å². The zero-order valence-corrected chi connectivity index (χ0v) is 9.34. The van der Waals surface area contributed by atoms with Crippen LogP contribution in [0.15, 0.2) is 24.3 Å². The van der Waals surface area contributed by atoms with Gasteiger partial charge >= 0.3 is 0 Å². The fourth-order valence-electron chi connectivity index (χ4n) is 1.12. The molecule has 2 heteroatoms. The molecular formula is C11H17OP. The average Bonchev–Trinajstić information content (AvgIpc) is 2.19. The number of rotatable bonds is 5. The summed E-state index contributed by atoms with van der Waals surface area (Å²) in [6.45, 7) is 2.23. The second-order valence-electron chi connectivity index (χ2n) is 3.01. The number of benzene rings is 1. The van der Waals surface area contributed by atoms with Crippen molar-refractivity contribution in [3.8, 4) is 5.75 Å². The Hall–Kier alpha value is -0.550. The SMILES string of the molecule is CCCCPc1ccc(OC)cc1. The Labute approximate surface area is 82.3 Å². The molecule has 0 aromatic heterocycles. The Balaban J connectivity index is 2.40. The standard InChI is InChI=1S/C11H17OP/c1-3-4-9-13-11-7-5-10(12-2)6-8-11/h5-8,13H,3-4,9H2,1-2H3. The molecule has 0 spiro atoms. The summed E-state index contributed by atoms with van der Waals surface area (Å²) in [4.78, 5) is 0. The summed E-state index contributed by atoms with van der Waals surface area (Å²) in [5, 5.41) is 1.44. The highest BCUT2D eigenvalue weighted by Crippen LogP contribution is 2.15. The first kappa shape index (κ1) is 10.5. The molecule has 0 heterocycles. The summed E-state index contributed by atoms with van der Waals surface area (Å²) < 4.78 is 5.10. The van der Waals surface area contributed by atoms with Crippen molar-refractivity contribution in [3.63, 3.8) is 0 Å². The minimum absolute atomic E-state index is 0.948. The first-order valence-electron chi connectivity index (χ1n) is 4.74. The van der Waals surface area contributed by atoms with Crippen LogP contribution in [0.25, 0.3) is 0 Å². The molecule has 1 aromatic rings. The molecule has 1 unspecified atom stereocenters. The van der Waals surface area contributed by atoms with Gasteiger partial charge in [0.15, 0.2) is 0 Å². The van der Waals surface area contributed by atoms with Gasteiger partial charge in [0.1, 0.15) is 5.75 Å². The molecule has 1 rings (SSSR count). The zero-order chi connectivity index (χ0) is 9.52. The van der Waals surface area contributed by atoms with E-state index < -0.39 is 0 Å². The molecule has 0 fully saturated rings. The van der Waals surface area contributed by atoms with Gasteiger partial charge < -0.3 is 4.74 Å². The van der Waals surface area contributed by atoms with Crippen LogP contribution in [0.2, 0.25) is 0 Å². The summed E-state index contributed by atoms with van der Waals surface area (Å²) >= 11 is 0. The van der Waals surface area contributed by atoms with Crippen LogP contribution in [-0.2, 0) is 0 Å². The Morgan fingerprint density at radius 3 is 2.46 bits per heavy atom. The van der Waals surface area contributed by atoms with Gasteiger partial charge in [0.25, 0.3) is 0 Å². The Bertz CT molecular complexity index is 230. The molecule has 1 aromatic carbocycles. The number of ether oxygens (including phenoxy) is 1. The van der Waals surface area contributed by atoms with E-state index in [4.69, 9.17) is 4.74 Å². The van der Waals surface area contributed by atoms with E-state index in [1.807, 2.05) is 12.1 Å². The Morgan fingerprint density at radius 1 is 1.23 bits per heavy atom. The van der Waals surface area contributed by atoms with E-state index in [0.717, 1.165) is 14.3 Å². The molecule has 0 bridgehead atoms. The van der Waals surface area contributed by atoms with Gasteiger partial charge in [0, 0.05) is 0 Å². The van der Waals surface area contributed by atoms with E-state index in [1.165, 1.54) is 24.3 Å². The molecular weight excluding hydrogens is 179 g/mol. The maximum Gasteiger partial charge on any atom is 0.118 e. The van der Waals surface area contributed by atoms with Crippen molar-refractivity contribution >= 4 is 13.9 Å². The highest BCUT2D eigenvalue weighted by Gasteiger charge is 1.93. The molecule has 0 aliphatic carbocycles. The number of methoxy groups -OCH3 is 1. The van der Waals surface area contributed by atoms with Gasteiger partial charge in [-0.25, -0.2) is 0 Å². The van der Waals surface area contributed by atoms with E-state index >= 15 is 0 Å². The summed E-state index contributed by atoms with van der Waals surface area (Å²) in [5.74, 6) is 0.948. The quantitative estimate of drug-likeness (QED) is 0.519. The molecule has 72 valence electrons. The van der Waals surface area contributed by atoms with Crippen LogP contribution in [-0.4, -0.2) is 13.3 Å². The van der Waals surface area contributed by atoms with Crippen molar-refractivity contribution in [2.75, 3.05) is 13.3 Å². The first-order chi connectivity index (χ1) is 6.36. The van der Waals surface area contributed by atoms with Crippen LogP contribution >= 0.6 is 8.58 Å². The lowest BCUT2D eigenvalue weighted by molar-refractivity contribution is 0.415. The van der Waals surface area contributed by atoms with Crippen molar-refractivity contribution in [3.05, 3.63) is 24.3 Å². The predicted molar refractivity (Wildman–Crippen MR) is 60.7 cm³/mol. The lowest BCUT2D eigenvalue weighted by Gasteiger charge is -2.02. The van der Waals surface area contributed by atoms with Crippen LogP contribution in [0, 0.1) is 0 Å².